The lowest BCUT2D eigenvalue weighted by molar-refractivity contribution is 0.181. The second-order valence-electron chi connectivity index (χ2n) is 5.81. The van der Waals surface area contributed by atoms with Gasteiger partial charge in [-0.1, -0.05) is 31.2 Å². The summed E-state index contributed by atoms with van der Waals surface area (Å²) in [5.41, 5.74) is 9.99. The predicted molar refractivity (Wildman–Crippen MR) is 115 cm³/mol. The lowest BCUT2D eigenvalue weighted by Gasteiger charge is -2.12. The van der Waals surface area contributed by atoms with E-state index in [1.807, 2.05) is 36.4 Å². The lowest BCUT2D eigenvalue weighted by atomic mass is 10.1. The zero-order valence-electron chi connectivity index (χ0n) is 14.6. The molecule has 7 heteroatoms. The van der Waals surface area contributed by atoms with Gasteiger partial charge in [-0.25, -0.2) is 9.79 Å². The average molecular weight is 466 g/mol. The molecule has 1 heterocycles. The number of amides is 1. The van der Waals surface area contributed by atoms with Gasteiger partial charge < -0.3 is 15.8 Å². The summed E-state index contributed by atoms with van der Waals surface area (Å²) in [7, 11) is 0. The van der Waals surface area contributed by atoms with Crippen LogP contribution in [0.2, 0.25) is 0 Å². The number of nitrogens with two attached hydrogens (primary N) is 1. The third-order valence-corrected chi connectivity index (χ3v) is 4.05. The van der Waals surface area contributed by atoms with Crippen LogP contribution in [0.5, 0.6) is 0 Å². The number of nitrogens with one attached hydrogen (secondary N) is 1. The molecule has 2 aromatic carbocycles. The highest BCUT2D eigenvalue weighted by molar-refractivity contribution is 14.0. The minimum Gasteiger partial charge on any atom is -0.447 e. The number of nitrogens with zero attached hydrogens (tertiary/aromatic N) is 2. The van der Waals surface area contributed by atoms with Crippen LogP contribution in [-0.4, -0.2) is 25.2 Å². The van der Waals surface area contributed by atoms with Crippen LogP contribution in [0.15, 0.2) is 53.5 Å². The number of anilines is 2. The summed E-state index contributed by atoms with van der Waals surface area (Å²) in [5.74, 6) is 0.375. The number of carbonyl (C=O) groups excluding carboxylic acids is 1. The van der Waals surface area contributed by atoms with Crippen molar-refractivity contribution in [2.24, 2.45) is 10.7 Å². The van der Waals surface area contributed by atoms with E-state index >= 15 is 0 Å². The number of carbonyl (C=O) groups is 1. The van der Waals surface area contributed by atoms with Crippen molar-refractivity contribution in [1.82, 2.24) is 0 Å². The monoisotopic (exact) mass is 466 g/mol. The summed E-state index contributed by atoms with van der Waals surface area (Å²) in [6.07, 6.45) is 0.678. The average Bonchev–Trinajstić information content (AvgIpc) is 3.06. The van der Waals surface area contributed by atoms with Crippen molar-refractivity contribution in [2.75, 3.05) is 23.4 Å². The molecule has 0 aliphatic carbocycles. The summed E-state index contributed by atoms with van der Waals surface area (Å²) in [6.45, 7) is 3.61. The van der Waals surface area contributed by atoms with Crippen LogP contribution in [0, 0.1) is 0 Å². The van der Waals surface area contributed by atoms with Crippen molar-refractivity contribution in [3.63, 3.8) is 0 Å². The van der Waals surface area contributed by atoms with Gasteiger partial charge in [0, 0.05) is 11.4 Å². The molecule has 0 unspecified atom stereocenters. The number of benzene rings is 2. The van der Waals surface area contributed by atoms with Gasteiger partial charge in [0.05, 0.1) is 13.1 Å². The maximum Gasteiger partial charge on any atom is 0.414 e. The SMILES string of the molecule is CCc1cccc(NC(N)=NCc2ccc(N3CCOC3=O)cc2)c1.I. The van der Waals surface area contributed by atoms with Gasteiger partial charge in [0.2, 0.25) is 0 Å². The van der Waals surface area contributed by atoms with E-state index in [0.29, 0.717) is 25.7 Å². The van der Waals surface area contributed by atoms with E-state index in [2.05, 4.69) is 29.4 Å². The summed E-state index contributed by atoms with van der Waals surface area (Å²) in [6, 6.07) is 15.8. The van der Waals surface area contributed by atoms with Crippen molar-refractivity contribution in [1.29, 1.82) is 0 Å². The second kappa shape index (κ2) is 9.42. The zero-order chi connectivity index (χ0) is 17.6. The van der Waals surface area contributed by atoms with E-state index in [4.69, 9.17) is 10.5 Å². The Hall–Kier alpha value is -2.29. The van der Waals surface area contributed by atoms with E-state index < -0.39 is 0 Å². The number of aryl methyl sites for hydroxylation is 1. The molecule has 1 saturated heterocycles. The normalized spacial score (nSPS) is 14.0. The first-order chi connectivity index (χ1) is 12.2. The number of cyclic esters (lactones) is 1. The zero-order valence-corrected chi connectivity index (χ0v) is 17.0. The van der Waals surface area contributed by atoms with Crippen LogP contribution < -0.4 is 16.0 Å². The molecular weight excluding hydrogens is 443 g/mol. The Bertz CT molecular complexity index is 777. The van der Waals surface area contributed by atoms with Crippen LogP contribution >= 0.6 is 24.0 Å². The largest absolute Gasteiger partial charge is 0.447 e. The van der Waals surface area contributed by atoms with Crippen molar-refractivity contribution in [3.8, 4) is 0 Å². The highest BCUT2D eigenvalue weighted by Gasteiger charge is 2.23. The molecular formula is C19H23IN4O2. The van der Waals surface area contributed by atoms with E-state index in [9.17, 15) is 4.79 Å². The fourth-order valence-electron chi connectivity index (χ4n) is 2.64. The summed E-state index contributed by atoms with van der Waals surface area (Å²) in [4.78, 5) is 17.5. The summed E-state index contributed by atoms with van der Waals surface area (Å²) in [5, 5.41) is 3.11. The topological polar surface area (TPSA) is 79.9 Å². The van der Waals surface area contributed by atoms with Gasteiger partial charge in [0.1, 0.15) is 6.61 Å². The molecule has 0 bridgehead atoms. The number of rotatable bonds is 5. The van der Waals surface area contributed by atoms with E-state index in [0.717, 1.165) is 23.4 Å². The van der Waals surface area contributed by atoms with Gasteiger partial charge in [-0.2, -0.15) is 0 Å². The van der Waals surface area contributed by atoms with Crippen molar-refractivity contribution in [2.45, 2.75) is 19.9 Å². The van der Waals surface area contributed by atoms with Crippen LogP contribution in [0.25, 0.3) is 0 Å². The number of halogens is 1. The number of hydrogen-bond acceptors (Lipinski definition) is 3. The molecule has 2 aromatic rings. The summed E-state index contributed by atoms with van der Waals surface area (Å²) < 4.78 is 4.94. The molecule has 1 fully saturated rings. The maximum atomic E-state index is 11.6. The molecule has 0 radical (unpaired) electrons. The van der Waals surface area contributed by atoms with Gasteiger partial charge in [0.15, 0.2) is 5.96 Å². The third kappa shape index (κ3) is 5.10. The number of hydrogen-bond donors (Lipinski definition) is 2. The first kappa shape index (κ1) is 20.0. The molecule has 1 aliphatic rings. The van der Waals surface area contributed by atoms with Crippen LogP contribution in [-0.2, 0) is 17.7 Å². The fraction of sp³-hybridized carbons (Fsp3) is 0.263. The Morgan fingerprint density at radius 3 is 2.65 bits per heavy atom. The van der Waals surface area contributed by atoms with Crippen LogP contribution in [0.4, 0.5) is 16.2 Å². The van der Waals surface area contributed by atoms with Gasteiger partial charge in [-0.05, 0) is 41.8 Å². The maximum absolute atomic E-state index is 11.6. The summed E-state index contributed by atoms with van der Waals surface area (Å²) >= 11 is 0. The minimum atomic E-state index is -0.298. The molecule has 1 amide bonds. The van der Waals surface area contributed by atoms with E-state index in [1.165, 1.54) is 5.56 Å². The molecule has 0 aromatic heterocycles. The lowest BCUT2D eigenvalue weighted by Crippen LogP contribution is -2.23. The Kier molecular flexibility index (Phi) is 7.26. The van der Waals surface area contributed by atoms with Gasteiger partial charge in [-0.15, -0.1) is 24.0 Å². The van der Waals surface area contributed by atoms with Crippen LogP contribution in [0.1, 0.15) is 18.1 Å². The molecule has 3 rings (SSSR count). The van der Waals surface area contributed by atoms with Gasteiger partial charge >= 0.3 is 6.09 Å². The number of aliphatic imine (C=N–C) groups is 1. The number of ether oxygens (including phenoxy) is 1. The Morgan fingerprint density at radius 1 is 1.23 bits per heavy atom. The van der Waals surface area contributed by atoms with Crippen LogP contribution in [0.3, 0.4) is 0 Å². The molecule has 6 nitrogen and oxygen atoms in total. The highest BCUT2D eigenvalue weighted by Crippen LogP contribution is 2.19. The molecule has 0 atom stereocenters. The standard InChI is InChI=1S/C19H22N4O2.HI/c1-2-14-4-3-5-16(12-14)22-18(20)21-13-15-6-8-17(9-7-15)23-10-11-25-19(23)24;/h3-9,12H,2,10-11,13H2,1H3,(H3,20,21,22);1H. The Balaban J connectivity index is 0.00000243. The molecule has 3 N–H and O–H groups in total. The fourth-order valence-corrected chi connectivity index (χ4v) is 2.64. The molecule has 138 valence electrons. The molecule has 26 heavy (non-hydrogen) atoms. The van der Waals surface area contributed by atoms with Gasteiger partial charge in [0.25, 0.3) is 0 Å². The Labute approximate surface area is 170 Å². The minimum absolute atomic E-state index is 0. The van der Waals surface area contributed by atoms with Crippen molar-refractivity contribution >= 4 is 47.4 Å². The first-order valence-electron chi connectivity index (χ1n) is 8.35. The van der Waals surface area contributed by atoms with Gasteiger partial charge in [-0.3, -0.25) is 4.90 Å². The smallest absolute Gasteiger partial charge is 0.414 e. The number of guanidine groups is 1. The molecule has 0 saturated carbocycles. The van der Waals surface area contributed by atoms with E-state index in [-0.39, 0.29) is 30.1 Å². The molecule has 1 aliphatic heterocycles. The first-order valence-corrected chi connectivity index (χ1v) is 8.35. The van der Waals surface area contributed by atoms with Crippen molar-refractivity contribution in [3.05, 3.63) is 59.7 Å². The Morgan fingerprint density at radius 2 is 2.00 bits per heavy atom. The van der Waals surface area contributed by atoms with E-state index in [1.54, 1.807) is 4.90 Å². The third-order valence-electron chi connectivity index (χ3n) is 4.05. The molecule has 0 spiro atoms. The highest BCUT2D eigenvalue weighted by atomic mass is 127. The second-order valence-corrected chi connectivity index (χ2v) is 5.81. The van der Waals surface area contributed by atoms with Crippen molar-refractivity contribution < 1.29 is 9.53 Å². The predicted octanol–water partition coefficient (Wildman–Crippen LogP) is 3.75. The quantitative estimate of drug-likeness (QED) is 0.400.